The third-order valence-electron chi connectivity index (χ3n) is 2.46. The number of nitriles is 1. The molecule has 0 bridgehead atoms. The number of rotatable bonds is 4. The maximum atomic E-state index is 11.6. The normalized spacial score (nSPS) is 14.4. The second kappa shape index (κ2) is 4.80. The summed E-state index contributed by atoms with van der Waals surface area (Å²) < 4.78 is 0. The standard InChI is InChI=1S/C11H16N2O/c1-3-8(4-2)10(7-12)11(14)13-9-5-6-9/h9H,3-6H2,1-2H3,(H,13,14). The third kappa shape index (κ3) is 2.59. The Hall–Kier alpha value is -1.30. The van der Waals surface area contributed by atoms with Crippen molar-refractivity contribution in [1.82, 2.24) is 5.32 Å². The summed E-state index contributed by atoms with van der Waals surface area (Å²) in [5.41, 5.74) is 1.27. The molecular formula is C11H16N2O. The minimum absolute atomic E-state index is 0.186. The van der Waals surface area contributed by atoms with Crippen LogP contribution < -0.4 is 5.32 Å². The zero-order chi connectivity index (χ0) is 10.6. The van der Waals surface area contributed by atoms with Crippen LogP contribution in [-0.4, -0.2) is 11.9 Å². The number of hydrogen-bond donors (Lipinski definition) is 1. The molecule has 3 nitrogen and oxygen atoms in total. The van der Waals surface area contributed by atoms with Gasteiger partial charge in [0, 0.05) is 6.04 Å². The van der Waals surface area contributed by atoms with Crippen molar-refractivity contribution in [1.29, 1.82) is 5.26 Å². The van der Waals surface area contributed by atoms with Crippen LogP contribution in [0.5, 0.6) is 0 Å². The van der Waals surface area contributed by atoms with E-state index < -0.39 is 0 Å². The van der Waals surface area contributed by atoms with Gasteiger partial charge in [-0.25, -0.2) is 0 Å². The number of carbonyl (C=O) groups is 1. The highest BCUT2D eigenvalue weighted by Crippen LogP contribution is 2.20. The lowest BCUT2D eigenvalue weighted by atomic mass is 10.0. The molecule has 1 N–H and O–H groups in total. The first-order chi connectivity index (χ1) is 6.72. The number of nitrogens with zero attached hydrogens (tertiary/aromatic N) is 1. The molecular weight excluding hydrogens is 176 g/mol. The minimum Gasteiger partial charge on any atom is -0.349 e. The lowest BCUT2D eigenvalue weighted by Gasteiger charge is -2.06. The molecule has 14 heavy (non-hydrogen) atoms. The maximum absolute atomic E-state index is 11.6. The van der Waals surface area contributed by atoms with Crippen molar-refractivity contribution in [3.63, 3.8) is 0 Å². The van der Waals surface area contributed by atoms with Gasteiger partial charge in [-0.2, -0.15) is 5.26 Å². The predicted molar refractivity (Wildman–Crippen MR) is 54.4 cm³/mol. The van der Waals surface area contributed by atoms with Crippen LogP contribution in [0, 0.1) is 11.3 Å². The first-order valence-corrected chi connectivity index (χ1v) is 5.15. The number of hydrogen-bond acceptors (Lipinski definition) is 2. The molecule has 0 radical (unpaired) electrons. The second-order valence-electron chi connectivity index (χ2n) is 3.55. The average Bonchev–Trinajstić information content (AvgIpc) is 2.97. The second-order valence-corrected chi connectivity index (χ2v) is 3.55. The monoisotopic (exact) mass is 192 g/mol. The highest BCUT2D eigenvalue weighted by Gasteiger charge is 2.25. The van der Waals surface area contributed by atoms with Crippen LogP contribution in [-0.2, 0) is 4.79 Å². The molecule has 0 heterocycles. The molecule has 0 aromatic carbocycles. The van der Waals surface area contributed by atoms with Gasteiger partial charge in [0.1, 0.15) is 11.6 Å². The Morgan fingerprint density at radius 3 is 2.36 bits per heavy atom. The van der Waals surface area contributed by atoms with E-state index in [1.807, 2.05) is 19.9 Å². The summed E-state index contributed by atoms with van der Waals surface area (Å²) in [4.78, 5) is 11.6. The molecule has 1 saturated carbocycles. The smallest absolute Gasteiger partial charge is 0.262 e. The molecule has 1 amide bonds. The lowest BCUT2D eigenvalue weighted by Crippen LogP contribution is -2.27. The Balaban J connectivity index is 2.72. The van der Waals surface area contributed by atoms with Crippen molar-refractivity contribution in [2.75, 3.05) is 0 Å². The molecule has 76 valence electrons. The van der Waals surface area contributed by atoms with Crippen LogP contribution >= 0.6 is 0 Å². The van der Waals surface area contributed by atoms with E-state index in [0.29, 0.717) is 11.6 Å². The van der Waals surface area contributed by atoms with Gasteiger partial charge in [0.2, 0.25) is 0 Å². The fourth-order valence-corrected chi connectivity index (χ4v) is 1.38. The van der Waals surface area contributed by atoms with Crippen LogP contribution in [0.1, 0.15) is 39.5 Å². The summed E-state index contributed by atoms with van der Waals surface area (Å²) >= 11 is 0. The number of allylic oxidation sites excluding steroid dienone is 1. The molecule has 0 aliphatic heterocycles. The highest BCUT2D eigenvalue weighted by atomic mass is 16.1. The van der Waals surface area contributed by atoms with E-state index in [4.69, 9.17) is 5.26 Å². The Morgan fingerprint density at radius 2 is 2.00 bits per heavy atom. The van der Waals surface area contributed by atoms with Gasteiger partial charge in [-0.3, -0.25) is 4.79 Å². The van der Waals surface area contributed by atoms with E-state index in [0.717, 1.165) is 31.3 Å². The molecule has 0 spiro atoms. The summed E-state index contributed by atoms with van der Waals surface area (Å²) in [7, 11) is 0. The first-order valence-electron chi connectivity index (χ1n) is 5.15. The van der Waals surface area contributed by atoms with E-state index in [-0.39, 0.29) is 5.91 Å². The highest BCUT2D eigenvalue weighted by molar-refractivity contribution is 5.98. The summed E-state index contributed by atoms with van der Waals surface area (Å²) in [5.74, 6) is -0.186. The van der Waals surface area contributed by atoms with Gasteiger partial charge in [0.05, 0.1) is 0 Å². The van der Waals surface area contributed by atoms with E-state index in [1.165, 1.54) is 0 Å². The Labute approximate surface area is 84.8 Å². The number of amides is 1. The number of carbonyl (C=O) groups excluding carboxylic acids is 1. The average molecular weight is 192 g/mol. The van der Waals surface area contributed by atoms with Gasteiger partial charge < -0.3 is 5.32 Å². The van der Waals surface area contributed by atoms with Crippen LogP contribution in [0.15, 0.2) is 11.1 Å². The summed E-state index contributed by atoms with van der Waals surface area (Å²) in [6.07, 6.45) is 3.66. The van der Waals surface area contributed by atoms with Crippen LogP contribution in [0.2, 0.25) is 0 Å². The van der Waals surface area contributed by atoms with Gasteiger partial charge in [-0.1, -0.05) is 13.8 Å². The van der Waals surface area contributed by atoms with Gasteiger partial charge in [-0.15, -0.1) is 0 Å². The molecule has 1 fully saturated rings. The number of nitrogens with one attached hydrogen (secondary N) is 1. The zero-order valence-corrected chi connectivity index (χ0v) is 8.76. The van der Waals surface area contributed by atoms with Crippen molar-refractivity contribution in [3.8, 4) is 6.07 Å². The van der Waals surface area contributed by atoms with Crippen molar-refractivity contribution in [2.45, 2.75) is 45.6 Å². The summed E-state index contributed by atoms with van der Waals surface area (Å²) in [6.45, 7) is 3.95. The van der Waals surface area contributed by atoms with Gasteiger partial charge in [0.15, 0.2) is 0 Å². The van der Waals surface area contributed by atoms with Crippen molar-refractivity contribution >= 4 is 5.91 Å². The van der Waals surface area contributed by atoms with Gasteiger partial charge in [0.25, 0.3) is 5.91 Å². The molecule has 0 atom stereocenters. The molecule has 1 aliphatic rings. The van der Waals surface area contributed by atoms with E-state index in [1.54, 1.807) is 0 Å². The fourth-order valence-electron chi connectivity index (χ4n) is 1.38. The zero-order valence-electron chi connectivity index (χ0n) is 8.76. The molecule has 3 heteroatoms. The molecule has 1 rings (SSSR count). The SMILES string of the molecule is CCC(CC)=C(C#N)C(=O)NC1CC1. The van der Waals surface area contributed by atoms with E-state index in [2.05, 4.69) is 5.32 Å². The summed E-state index contributed by atoms with van der Waals surface area (Å²) in [6, 6.07) is 2.32. The molecule has 0 unspecified atom stereocenters. The quantitative estimate of drug-likeness (QED) is 0.546. The van der Waals surface area contributed by atoms with Crippen LogP contribution in [0.25, 0.3) is 0 Å². The largest absolute Gasteiger partial charge is 0.349 e. The van der Waals surface area contributed by atoms with Gasteiger partial charge in [-0.05, 0) is 31.3 Å². The minimum atomic E-state index is -0.186. The van der Waals surface area contributed by atoms with Crippen molar-refractivity contribution in [2.24, 2.45) is 0 Å². The van der Waals surface area contributed by atoms with Crippen LogP contribution in [0.4, 0.5) is 0 Å². The van der Waals surface area contributed by atoms with Gasteiger partial charge >= 0.3 is 0 Å². The van der Waals surface area contributed by atoms with Crippen molar-refractivity contribution < 1.29 is 4.79 Å². The summed E-state index contributed by atoms with van der Waals surface area (Å²) in [5, 5.41) is 11.7. The lowest BCUT2D eigenvalue weighted by molar-refractivity contribution is -0.117. The van der Waals surface area contributed by atoms with Crippen molar-refractivity contribution in [3.05, 3.63) is 11.1 Å². The first kappa shape index (κ1) is 10.8. The molecule has 1 aliphatic carbocycles. The maximum Gasteiger partial charge on any atom is 0.262 e. The predicted octanol–water partition coefficient (Wildman–Crippen LogP) is 1.91. The van der Waals surface area contributed by atoms with E-state index >= 15 is 0 Å². The third-order valence-corrected chi connectivity index (χ3v) is 2.46. The Morgan fingerprint density at radius 1 is 1.43 bits per heavy atom. The Kier molecular flexibility index (Phi) is 3.70. The topological polar surface area (TPSA) is 52.9 Å². The molecule has 0 aromatic rings. The van der Waals surface area contributed by atoms with E-state index in [9.17, 15) is 4.79 Å². The molecule has 0 aromatic heterocycles. The fraction of sp³-hybridized carbons (Fsp3) is 0.636. The van der Waals surface area contributed by atoms with Crippen LogP contribution in [0.3, 0.4) is 0 Å². The molecule has 0 saturated heterocycles. The Bertz CT molecular complexity index is 289.